The number of rotatable bonds is 4. The molecule has 4 heteroatoms. The highest BCUT2D eigenvalue weighted by molar-refractivity contribution is 7.98. The standard InChI is InChI=1S/C19H18O3S/c1-19(2)16(13-9-11-15(23-3)12-10-13)17(18(20)22-19)21-14-7-5-4-6-8-14/h4-12H,1-3H3. The van der Waals surface area contributed by atoms with Crippen molar-refractivity contribution in [3.63, 3.8) is 0 Å². The van der Waals surface area contributed by atoms with E-state index in [1.54, 1.807) is 11.8 Å². The maximum Gasteiger partial charge on any atom is 0.375 e. The maximum atomic E-state index is 12.3. The molecule has 0 unspecified atom stereocenters. The molecule has 0 saturated heterocycles. The number of carbonyl (C=O) groups excluding carboxylic acids is 1. The van der Waals surface area contributed by atoms with E-state index in [2.05, 4.69) is 0 Å². The normalized spacial score (nSPS) is 16.4. The number of thioether (sulfide) groups is 1. The molecule has 1 heterocycles. The summed E-state index contributed by atoms with van der Waals surface area (Å²) in [4.78, 5) is 13.5. The van der Waals surface area contributed by atoms with E-state index in [-0.39, 0.29) is 5.76 Å². The van der Waals surface area contributed by atoms with Gasteiger partial charge in [-0.2, -0.15) is 0 Å². The van der Waals surface area contributed by atoms with E-state index < -0.39 is 11.6 Å². The fourth-order valence-corrected chi connectivity index (χ4v) is 3.05. The van der Waals surface area contributed by atoms with Crippen LogP contribution in [0.4, 0.5) is 0 Å². The topological polar surface area (TPSA) is 35.5 Å². The molecule has 2 aromatic carbocycles. The lowest BCUT2D eigenvalue weighted by molar-refractivity contribution is -0.145. The van der Waals surface area contributed by atoms with Gasteiger partial charge in [-0.15, -0.1) is 11.8 Å². The molecule has 1 aliphatic rings. The van der Waals surface area contributed by atoms with Crippen LogP contribution in [0.25, 0.3) is 5.57 Å². The van der Waals surface area contributed by atoms with Gasteiger partial charge in [0, 0.05) is 4.90 Å². The summed E-state index contributed by atoms with van der Waals surface area (Å²) in [6.07, 6.45) is 2.03. The Kier molecular flexibility index (Phi) is 4.18. The molecular formula is C19H18O3S. The number of benzene rings is 2. The van der Waals surface area contributed by atoms with Crippen LogP contribution in [-0.2, 0) is 9.53 Å². The van der Waals surface area contributed by atoms with Crippen molar-refractivity contribution in [1.29, 1.82) is 0 Å². The van der Waals surface area contributed by atoms with E-state index in [4.69, 9.17) is 9.47 Å². The Morgan fingerprint density at radius 2 is 1.65 bits per heavy atom. The van der Waals surface area contributed by atoms with Crippen LogP contribution in [0.2, 0.25) is 0 Å². The van der Waals surface area contributed by atoms with Gasteiger partial charge < -0.3 is 9.47 Å². The van der Waals surface area contributed by atoms with Gasteiger partial charge in [0.05, 0.1) is 5.57 Å². The first kappa shape index (κ1) is 15.7. The van der Waals surface area contributed by atoms with Gasteiger partial charge in [-0.25, -0.2) is 4.79 Å². The first-order valence-corrected chi connectivity index (χ1v) is 8.59. The molecule has 118 valence electrons. The molecule has 0 saturated carbocycles. The molecule has 3 nitrogen and oxygen atoms in total. The Bertz CT molecular complexity index is 746. The highest BCUT2D eigenvalue weighted by Gasteiger charge is 2.43. The fourth-order valence-electron chi connectivity index (χ4n) is 2.64. The summed E-state index contributed by atoms with van der Waals surface area (Å²) in [7, 11) is 0. The van der Waals surface area contributed by atoms with Gasteiger partial charge in [0.25, 0.3) is 0 Å². The molecule has 0 atom stereocenters. The number of ether oxygens (including phenoxy) is 2. The summed E-state index contributed by atoms with van der Waals surface area (Å²) in [5.74, 6) is 0.455. The van der Waals surface area contributed by atoms with Crippen molar-refractivity contribution in [2.75, 3.05) is 6.26 Å². The van der Waals surface area contributed by atoms with Gasteiger partial charge in [-0.05, 0) is 49.9 Å². The van der Waals surface area contributed by atoms with Gasteiger partial charge in [0.15, 0.2) is 0 Å². The zero-order chi connectivity index (χ0) is 16.4. The molecule has 0 aromatic heterocycles. The molecule has 0 fully saturated rings. The number of carbonyl (C=O) groups is 1. The number of para-hydroxylation sites is 1. The molecule has 0 N–H and O–H groups in total. The van der Waals surface area contributed by atoms with Crippen LogP contribution in [0, 0.1) is 0 Å². The van der Waals surface area contributed by atoms with Crippen molar-refractivity contribution >= 4 is 23.3 Å². The number of esters is 1. The molecule has 3 rings (SSSR count). The third kappa shape index (κ3) is 3.13. The van der Waals surface area contributed by atoms with E-state index in [1.807, 2.05) is 74.7 Å². The lowest BCUT2D eigenvalue weighted by atomic mass is 9.92. The minimum atomic E-state index is -0.720. The first-order chi connectivity index (χ1) is 11.0. The second-order valence-electron chi connectivity index (χ2n) is 5.75. The lowest BCUT2D eigenvalue weighted by Crippen LogP contribution is -2.22. The predicted molar refractivity (Wildman–Crippen MR) is 92.4 cm³/mol. The summed E-state index contributed by atoms with van der Waals surface area (Å²) >= 11 is 1.68. The molecule has 2 aromatic rings. The summed E-state index contributed by atoms with van der Waals surface area (Å²) in [5.41, 5.74) is 0.991. The van der Waals surface area contributed by atoms with Crippen molar-refractivity contribution in [3.8, 4) is 5.75 Å². The SMILES string of the molecule is CSc1ccc(C2=C(Oc3ccccc3)C(=O)OC2(C)C)cc1. The summed E-state index contributed by atoms with van der Waals surface area (Å²) < 4.78 is 11.4. The maximum absolute atomic E-state index is 12.3. The highest BCUT2D eigenvalue weighted by atomic mass is 32.2. The largest absolute Gasteiger partial charge is 0.449 e. The van der Waals surface area contributed by atoms with Crippen molar-refractivity contribution in [1.82, 2.24) is 0 Å². The zero-order valence-corrected chi connectivity index (χ0v) is 14.1. The van der Waals surface area contributed by atoms with Gasteiger partial charge in [-0.1, -0.05) is 30.3 Å². The molecular weight excluding hydrogens is 308 g/mol. The van der Waals surface area contributed by atoms with Gasteiger partial charge >= 0.3 is 5.97 Å². The lowest BCUT2D eigenvalue weighted by Gasteiger charge is -2.21. The average Bonchev–Trinajstić information content (AvgIpc) is 2.77. The van der Waals surface area contributed by atoms with Crippen molar-refractivity contribution in [2.45, 2.75) is 24.3 Å². The minimum absolute atomic E-state index is 0.262. The Labute approximate surface area is 140 Å². The fraction of sp³-hybridized carbons (Fsp3) is 0.211. The van der Waals surface area contributed by atoms with E-state index in [0.717, 1.165) is 11.1 Å². The molecule has 0 spiro atoms. The van der Waals surface area contributed by atoms with Gasteiger partial charge in [-0.3, -0.25) is 0 Å². The van der Waals surface area contributed by atoms with Crippen LogP contribution in [-0.4, -0.2) is 17.8 Å². The van der Waals surface area contributed by atoms with E-state index in [9.17, 15) is 4.79 Å². The summed E-state index contributed by atoms with van der Waals surface area (Å²) in [6, 6.07) is 17.3. The van der Waals surface area contributed by atoms with Crippen LogP contribution >= 0.6 is 11.8 Å². The minimum Gasteiger partial charge on any atom is -0.449 e. The Morgan fingerprint density at radius 3 is 2.26 bits per heavy atom. The average molecular weight is 326 g/mol. The Morgan fingerprint density at radius 1 is 1.00 bits per heavy atom. The molecule has 23 heavy (non-hydrogen) atoms. The van der Waals surface area contributed by atoms with Crippen molar-refractivity contribution < 1.29 is 14.3 Å². The summed E-state index contributed by atoms with van der Waals surface area (Å²) in [5, 5.41) is 0. The number of cyclic esters (lactones) is 1. The quantitative estimate of drug-likeness (QED) is 0.611. The zero-order valence-electron chi connectivity index (χ0n) is 13.3. The third-order valence-electron chi connectivity index (χ3n) is 3.70. The first-order valence-electron chi connectivity index (χ1n) is 7.37. The number of hydrogen-bond donors (Lipinski definition) is 0. The molecule has 0 aliphatic carbocycles. The second-order valence-corrected chi connectivity index (χ2v) is 6.63. The Balaban J connectivity index is 2.06. The van der Waals surface area contributed by atoms with E-state index in [0.29, 0.717) is 5.75 Å². The summed E-state index contributed by atoms with van der Waals surface area (Å²) in [6.45, 7) is 3.76. The van der Waals surface area contributed by atoms with Crippen LogP contribution in [0.15, 0.2) is 65.3 Å². The number of hydrogen-bond acceptors (Lipinski definition) is 4. The molecule has 1 aliphatic heterocycles. The smallest absolute Gasteiger partial charge is 0.375 e. The van der Waals surface area contributed by atoms with Crippen molar-refractivity contribution in [2.24, 2.45) is 0 Å². The van der Waals surface area contributed by atoms with E-state index in [1.165, 1.54) is 4.90 Å². The van der Waals surface area contributed by atoms with Crippen LogP contribution < -0.4 is 4.74 Å². The van der Waals surface area contributed by atoms with Crippen LogP contribution in [0.5, 0.6) is 5.75 Å². The van der Waals surface area contributed by atoms with Crippen LogP contribution in [0.3, 0.4) is 0 Å². The highest BCUT2D eigenvalue weighted by Crippen LogP contribution is 2.40. The van der Waals surface area contributed by atoms with E-state index >= 15 is 0 Å². The molecule has 0 amide bonds. The van der Waals surface area contributed by atoms with Gasteiger partial charge in [0.1, 0.15) is 11.4 Å². The Hall–Kier alpha value is -2.20. The van der Waals surface area contributed by atoms with Crippen LogP contribution in [0.1, 0.15) is 19.4 Å². The van der Waals surface area contributed by atoms with Crippen molar-refractivity contribution in [3.05, 3.63) is 65.9 Å². The monoisotopic (exact) mass is 326 g/mol. The second kappa shape index (κ2) is 6.13. The molecule has 0 bridgehead atoms. The third-order valence-corrected chi connectivity index (χ3v) is 4.45. The predicted octanol–water partition coefficient (Wildman–Crippen LogP) is 4.53. The van der Waals surface area contributed by atoms with Gasteiger partial charge in [0.2, 0.25) is 5.76 Å². The molecule has 0 radical (unpaired) electrons.